The predicted octanol–water partition coefficient (Wildman–Crippen LogP) is 0.569. The third kappa shape index (κ3) is 2.47. The highest BCUT2D eigenvalue weighted by Crippen LogP contribution is 2.17. The topological polar surface area (TPSA) is 53.0 Å². The first kappa shape index (κ1) is 9.50. The molecule has 12 heavy (non-hydrogen) atoms. The van der Waals surface area contributed by atoms with Crippen LogP contribution in [0.5, 0.6) is 0 Å². The lowest BCUT2D eigenvalue weighted by atomic mass is 9.92. The van der Waals surface area contributed by atoms with Gasteiger partial charge in [0.25, 0.3) is 0 Å². The summed E-state index contributed by atoms with van der Waals surface area (Å²) in [5.74, 6) is 0.590. The van der Waals surface area contributed by atoms with Crippen molar-refractivity contribution in [3.8, 4) is 6.07 Å². The molecule has 0 radical (unpaired) electrons. The third-order valence-electron chi connectivity index (χ3n) is 2.58. The Balaban J connectivity index is 2.36. The van der Waals surface area contributed by atoms with Crippen LogP contribution in [0.25, 0.3) is 0 Å². The first-order chi connectivity index (χ1) is 5.74. The molecule has 1 aliphatic heterocycles. The van der Waals surface area contributed by atoms with Gasteiger partial charge in [-0.15, -0.1) is 0 Å². The van der Waals surface area contributed by atoms with Gasteiger partial charge in [0.15, 0.2) is 0 Å². The number of nitriles is 1. The van der Waals surface area contributed by atoms with E-state index in [9.17, 15) is 0 Å². The molecule has 1 aliphatic rings. The zero-order chi connectivity index (χ0) is 8.97. The van der Waals surface area contributed by atoms with Gasteiger partial charge < -0.3 is 5.73 Å². The number of nitrogens with zero attached hydrogens (tertiary/aromatic N) is 2. The second-order valence-corrected chi connectivity index (χ2v) is 3.65. The lowest BCUT2D eigenvalue weighted by molar-refractivity contribution is 0.177. The summed E-state index contributed by atoms with van der Waals surface area (Å²) in [5, 5.41) is 8.52. The van der Waals surface area contributed by atoms with Gasteiger partial charge in [0, 0.05) is 12.6 Å². The molecular formula is C9H17N3. The van der Waals surface area contributed by atoms with Gasteiger partial charge in [0.2, 0.25) is 0 Å². The first-order valence-corrected chi connectivity index (χ1v) is 4.59. The van der Waals surface area contributed by atoms with Crippen LogP contribution in [0.1, 0.15) is 19.8 Å². The number of nitrogens with two attached hydrogens (primary N) is 1. The molecule has 3 heteroatoms. The Morgan fingerprint density at radius 3 is 3.08 bits per heavy atom. The van der Waals surface area contributed by atoms with Gasteiger partial charge in [-0.1, -0.05) is 0 Å². The molecule has 1 rings (SSSR count). The van der Waals surface area contributed by atoms with Crippen LogP contribution in [-0.4, -0.2) is 30.6 Å². The summed E-state index contributed by atoms with van der Waals surface area (Å²) < 4.78 is 0. The van der Waals surface area contributed by atoms with Crippen LogP contribution < -0.4 is 5.73 Å². The summed E-state index contributed by atoms with van der Waals surface area (Å²) in [7, 11) is 0. The molecule has 0 saturated carbocycles. The molecule has 0 bridgehead atoms. The average Bonchev–Trinajstić information content (AvgIpc) is 2.05. The molecule has 1 fully saturated rings. The SMILES string of the molecule is CC(N)C1CCCN(CC#N)C1. The summed E-state index contributed by atoms with van der Waals surface area (Å²) in [6, 6.07) is 2.45. The Kier molecular flexibility index (Phi) is 3.51. The lowest BCUT2D eigenvalue weighted by Gasteiger charge is -2.32. The number of hydrogen-bond donors (Lipinski definition) is 1. The van der Waals surface area contributed by atoms with E-state index in [-0.39, 0.29) is 6.04 Å². The number of hydrogen-bond acceptors (Lipinski definition) is 3. The molecule has 0 spiro atoms. The summed E-state index contributed by atoms with van der Waals surface area (Å²) in [4.78, 5) is 2.19. The molecule has 3 nitrogen and oxygen atoms in total. The Hall–Kier alpha value is -0.590. The summed E-state index contributed by atoms with van der Waals surface area (Å²) in [5.41, 5.74) is 5.82. The molecule has 1 heterocycles. The van der Waals surface area contributed by atoms with Gasteiger partial charge in [0.1, 0.15) is 0 Å². The van der Waals surface area contributed by atoms with E-state index in [2.05, 4.69) is 17.9 Å². The summed E-state index contributed by atoms with van der Waals surface area (Å²) in [6.45, 7) is 4.69. The predicted molar refractivity (Wildman–Crippen MR) is 48.4 cm³/mol. The van der Waals surface area contributed by atoms with Crippen molar-refractivity contribution in [1.29, 1.82) is 5.26 Å². The Labute approximate surface area is 74.1 Å². The minimum atomic E-state index is 0.270. The number of piperidine rings is 1. The zero-order valence-corrected chi connectivity index (χ0v) is 7.66. The van der Waals surface area contributed by atoms with Gasteiger partial charge >= 0.3 is 0 Å². The smallest absolute Gasteiger partial charge is 0.0866 e. The molecule has 0 aromatic rings. The quantitative estimate of drug-likeness (QED) is 0.612. The normalized spacial score (nSPS) is 27.9. The van der Waals surface area contributed by atoms with Crippen LogP contribution in [0.4, 0.5) is 0 Å². The van der Waals surface area contributed by atoms with Crippen LogP contribution in [0.3, 0.4) is 0 Å². The van der Waals surface area contributed by atoms with Crippen molar-refractivity contribution in [2.75, 3.05) is 19.6 Å². The second-order valence-electron chi connectivity index (χ2n) is 3.65. The Bertz CT molecular complexity index is 171. The van der Waals surface area contributed by atoms with Crippen molar-refractivity contribution in [3.63, 3.8) is 0 Å². The summed E-state index contributed by atoms with van der Waals surface area (Å²) in [6.07, 6.45) is 2.41. The molecular weight excluding hydrogens is 150 g/mol. The lowest BCUT2D eigenvalue weighted by Crippen LogP contribution is -2.42. The minimum Gasteiger partial charge on any atom is -0.328 e. The zero-order valence-electron chi connectivity index (χ0n) is 7.66. The average molecular weight is 167 g/mol. The van der Waals surface area contributed by atoms with E-state index in [1.807, 2.05) is 0 Å². The highest BCUT2D eigenvalue weighted by atomic mass is 15.1. The van der Waals surface area contributed by atoms with Crippen molar-refractivity contribution < 1.29 is 0 Å². The van der Waals surface area contributed by atoms with E-state index in [4.69, 9.17) is 11.0 Å². The van der Waals surface area contributed by atoms with E-state index >= 15 is 0 Å². The molecule has 0 aromatic heterocycles. The van der Waals surface area contributed by atoms with Crippen molar-refractivity contribution >= 4 is 0 Å². The second kappa shape index (κ2) is 4.44. The molecule has 0 aromatic carbocycles. The van der Waals surface area contributed by atoms with Crippen molar-refractivity contribution in [3.05, 3.63) is 0 Å². The monoisotopic (exact) mass is 167 g/mol. The molecule has 68 valence electrons. The van der Waals surface area contributed by atoms with E-state index < -0.39 is 0 Å². The largest absolute Gasteiger partial charge is 0.328 e. The summed E-state index contributed by atoms with van der Waals surface area (Å²) >= 11 is 0. The fraction of sp³-hybridized carbons (Fsp3) is 0.889. The Morgan fingerprint density at radius 1 is 1.75 bits per heavy atom. The molecule has 0 aliphatic carbocycles. The number of rotatable bonds is 2. The van der Waals surface area contributed by atoms with Crippen molar-refractivity contribution in [2.45, 2.75) is 25.8 Å². The fourth-order valence-corrected chi connectivity index (χ4v) is 1.76. The maximum absolute atomic E-state index is 8.52. The molecule has 2 atom stereocenters. The molecule has 2 unspecified atom stereocenters. The van der Waals surface area contributed by atoms with Gasteiger partial charge in [-0.2, -0.15) is 5.26 Å². The van der Waals surface area contributed by atoms with Crippen LogP contribution in [0.15, 0.2) is 0 Å². The maximum atomic E-state index is 8.52. The number of likely N-dealkylation sites (tertiary alicyclic amines) is 1. The molecule has 2 N–H and O–H groups in total. The standard InChI is InChI=1S/C9H17N3/c1-8(11)9-3-2-5-12(7-9)6-4-10/h8-9H,2-3,5-7,11H2,1H3. The third-order valence-corrected chi connectivity index (χ3v) is 2.58. The first-order valence-electron chi connectivity index (χ1n) is 4.59. The molecule has 0 amide bonds. The van der Waals surface area contributed by atoms with Crippen molar-refractivity contribution in [2.24, 2.45) is 11.7 Å². The van der Waals surface area contributed by atoms with Crippen LogP contribution in [0, 0.1) is 17.2 Å². The van der Waals surface area contributed by atoms with Crippen LogP contribution in [0.2, 0.25) is 0 Å². The van der Waals surface area contributed by atoms with E-state index in [0.29, 0.717) is 12.5 Å². The van der Waals surface area contributed by atoms with Gasteiger partial charge in [-0.3, -0.25) is 4.90 Å². The van der Waals surface area contributed by atoms with Gasteiger partial charge in [-0.05, 0) is 32.2 Å². The fourth-order valence-electron chi connectivity index (χ4n) is 1.76. The van der Waals surface area contributed by atoms with Gasteiger partial charge in [-0.25, -0.2) is 0 Å². The van der Waals surface area contributed by atoms with Crippen molar-refractivity contribution in [1.82, 2.24) is 4.90 Å². The maximum Gasteiger partial charge on any atom is 0.0866 e. The van der Waals surface area contributed by atoms with Gasteiger partial charge in [0.05, 0.1) is 12.6 Å². The minimum absolute atomic E-state index is 0.270. The van der Waals surface area contributed by atoms with E-state index in [1.54, 1.807) is 0 Å². The van der Waals surface area contributed by atoms with E-state index in [1.165, 1.54) is 12.8 Å². The Morgan fingerprint density at radius 2 is 2.50 bits per heavy atom. The van der Waals surface area contributed by atoms with Crippen LogP contribution >= 0.6 is 0 Å². The van der Waals surface area contributed by atoms with E-state index in [0.717, 1.165) is 13.1 Å². The van der Waals surface area contributed by atoms with Crippen LogP contribution in [-0.2, 0) is 0 Å². The highest BCUT2D eigenvalue weighted by Gasteiger charge is 2.21. The molecule has 1 saturated heterocycles. The highest BCUT2D eigenvalue weighted by molar-refractivity contribution is 4.83.